The Labute approximate surface area is 244 Å². The van der Waals surface area contributed by atoms with Crippen molar-refractivity contribution in [2.75, 3.05) is 7.11 Å². The summed E-state index contributed by atoms with van der Waals surface area (Å²) in [6.07, 6.45) is 7.36. The predicted molar refractivity (Wildman–Crippen MR) is 162 cm³/mol. The fourth-order valence-electron chi connectivity index (χ4n) is 4.72. The number of rotatable bonds is 12. The van der Waals surface area contributed by atoms with Crippen molar-refractivity contribution in [3.05, 3.63) is 131 Å². The van der Waals surface area contributed by atoms with Crippen molar-refractivity contribution in [3.8, 4) is 28.7 Å². The van der Waals surface area contributed by atoms with Crippen LogP contribution in [0.5, 0.6) is 28.7 Å². The van der Waals surface area contributed by atoms with Crippen molar-refractivity contribution < 1.29 is 35.1 Å². The Morgan fingerprint density at radius 2 is 1.52 bits per heavy atom. The average Bonchev–Trinajstić information content (AvgIpc) is 2.99. The van der Waals surface area contributed by atoms with E-state index in [9.17, 15) is 30.3 Å². The minimum absolute atomic E-state index is 0.00104. The molecular weight excluding hydrogens is 532 g/mol. The minimum Gasteiger partial charge on any atom is -0.508 e. The molecular formula is C35H34O7. The lowest BCUT2D eigenvalue weighted by Crippen LogP contribution is -2.08. The second-order valence-corrected chi connectivity index (χ2v) is 9.94. The van der Waals surface area contributed by atoms with E-state index in [2.05, 4.69) is 0 Å². The van der Waals surface area contributed by atoms with Crippen molar-refractivity contribution in [1.82, 2.24) is 0 Å². The molecule has 4 aromatic carbocycles. The number of benzene rings is 4. The summed E-state index contributed by atoms with van der Waals surface area (Å²) in [6.45, 7) is 0. The number of hydrogen-bond donors (Lipinski definition) is 5. The van der Waals surface area contributed by atoms with Gasteiger partial charge in [0, 0.05) is 17.5 Å². The molecule has 0 saturated carbocycles. The Bertz CT molecular complexity index is 1540. The lowest BCUT2D eigenvalue weighted by Gasteiger charge is -2.20. The molecule has 0 heterocycles. The molecule has 4 aromatic rings. The van der Waals surface area contributed by atoms with Crippen molar-refractivity contribution >= 4 is 11.9 Å². The number of ketones is 1. The highest BCUT2D eigenvalue weighted by Crippen LogP contribution is 2.45. The number of phenols is 4. The molecule has 0 aliphatic carbocycles. The molecule has 0 fully saturated rings. The number of aliphatic hydroxyl groups is 1. The molecule has 0 saturated heterocycles. The summed E-state index contributed by atoms with van der Waals surface area (Å²) in [5, 5.41) is 52.4. The topological polar surface area (TPSA) is 127 Å². The number of hydrogen-bond acceptors (Lipinski definition) is 7. The Balaban J connectivity index is 1.65. The van der Waals surface area contributed by atoms with E-state index in [1.165, 1.54) is 43.5 Å². The summed E-state index contributed by atoms with van der Waals surface area (Å²) < 4.78 is 5.34. The first-order valence-corrected chi connectivity index (χ1v) is 13.6. The van der Waals surface area contributed by atoms with Gasteiger partial charge in [-0.15, -0.1) is 0 Å². The molecule has 2 atom stereocenters. The van der Waals surface area contributed by atoms with Gasteiger partial charge in [0.2, 0.25) is 0 Å². The molecule has 0 radical (unpaired) electrons. The normalized spacial score (nSPS) is 12.9. The van der Waals surface area contributed by atoms with Gasteiger partial charge in [-0.25, -0.2) is 0 Å². The van der Waals surface area contributed by atoms with Crippen molar-refractivity contribution in [1.29, 1.82) is 0 Å². The Hall–Kier alpha value is -5.01. The van der Waals surface area contributed by atoms with E-state index < -0.39 is 23.6 Å². The molecule has 42 heavy (non-hydrogen) atoms. The number of allylic oxidation sites excluding steroid dienone is 2. The SMILES string of the molecule is COc1cc(O)c([C@H](C=CCC(O)CCc2ccccc2)c2ccc(O)cc2)c(O)c1C(=O)C=Cc1ccc(O)cc1. The molecule has 0 bridgehead atoms. The van der Waals surface area contributed by atoms with Crippen LogP contribution in [0, 0.1) is 0 Å². The van der Waals surface area contributed by atoms with Gasteiger partial charge >= 0.3 is 0 Å². The Morgan fingerprint density at radius 1 is 0.881 bits per heavy atom. The first-order chi connectivity index (χ1) is 20.3. The number of aliphatic hydroxyl groups excluding tert-OH is 1. The lowest BCUT2D eigenvalue weighted by molar-refractivity contribution is 0.104. The van der Waals surface area contributed by atoms with Crippen LogP contribution in [0.15, 0.2) is 103 Å². The Morgan fingerprint density at radius 3 is 2.17 bits per heavy atom. The molecule has 0 aromatic heterocycles. The maximum Gasteiger partial charge on any atom is 0.193 e. The smallest absolute Gasteiger partial charge is 0.193 e. The van der Waals surface area contributed by atoms with E-state index in [1.807, 2.05) is 30.3 Å². The molecule has 5 N–H and O–H groups in total. The van der Waals surface area contributed by atoms with Crippen LogP contribution < -0.4 is 4.74 Å². The number of carbonyl (C=O) groups excluding carboxylic acids is 1. The molecule has 216 valence electrons. The van der Waals surface area contributed by atoms with Gasteiger partial charge in [-0.1, -0.05) is 72.8 Å². The van der Waals surface area contributed by atoms with Gasteiger partial charge in [0.1, 0.15) is 34.3 Å². The predicted octanol–water partition coefficient (Wildman–Crippen LogP) is 6.49. The maximum atomic E-state index is 13.3. The van der Waals surface area contributed by atoms with Gasteiger partial charge in [0.25, 0.3) is 0 Å². The van der Waals surface area contributed by atoms with E-state index in [0.717, 1.165) is 12.0 Å². The third-order valence-corrected chi connectivity index (χ3v) is 6.98. The first-order valence-electron chi connectivity index (χ1n) is 13.6. The van der Waals surface area contributed by atoms with Gasteiger partial charge in [-0.2, -0.15) is 0 Å². The van der Waals surface area contributed by atoms with Crippen LogP contribution in [-0.4, -0.2) is 44.5 Å². The molecule has 0 aliphatic heterocycles. The van der Waals surface area contributed by atoms with Gasteiger partial charge in [0.15, 0.2) is 5.78 Å². The summed E-state index contributed by atoms with van der Waals surface area (Å²) in [5.74, 6) is -1.85. The summed E-state index contributed by atoms with van der Waals surface area (Å²) in [6, 6.07) is 23.7. The van der Waals surface area contributed by atoms with E-state index in [0.29, 0.717) is 24.0 Å². The van der Waals surface area contributed by atoms with Crippen LogP contribution in [0.2, 0.25) is 0 Å². The standard InChI is InChI=1S/C35H34O7/c1-42-32-22-31(40)33(35(41)34(32)30(39)21-13-24-11-17-27(37)18-12-24)29(25-14-19-28(38)20-15-25)9-5-8-26(36)16-10-23-6-3-2-4-7-23/h2-7,9,11-15,17-22,26,29,36-38,40-41H,8,10,16H2,1H3/t26?,29-/m1/s1. The minimum atomic E-state index is -0.717. The molecule has 0 spiro atoms. The highest BCUT2D eigenvalue weighted by molar-refractivity contribution is 6.11. The van der Waals surface area contributed by atoms with Crippen LogP contribution in [0.3, 0.4) is 0 Å². The monoisotopic (exact) mass is 566 g/mol. The number of methoxy groups -OCH3 is 1. The summed E-state index contributed by atoms with van der Waals surface area (Å²) in [5.41, 5.74) is 2.39. The maximum absolute atomic E-state index is 13.3. The van der Waals surface area contributed by atoms with Gasteiger partial charge in [0.05, 0.1) is 13.2 Å². The first kappa shape index (κ1) is 30.0. The molecule has 1 unspecified atom stereocenters. The second-order valence-electron chi connectivity index (χ2n) is 9.94. The molecule has 0 aliphatic rings. The zero-order valence-corrected chi connectivity index (χ0v) is 23.2. The quantitative estimate of drug-likeness (QED) is 0.0754. The third-order valence-electron chi connectivity index (χ3n) is 6.98. The molecule has 7 nitrogen and oxygen atoms in total. The summed E-state index contributed by atoms with van der Waals surface area (Å²) in [7, 11) is 1.34. The fourth-order valence-corrected chi connectivity index (χ4v) is 4.72. The van der Waals surface area contributed by atoms with Gasteiger partial charge < -0.3 is 30.3 Å². The largest absolute Gasteiger partial charge is 0.508 e. The van der Waals surface area contributed by atoms with Gasteiger partial charge in [-0.05, 0) is 66.3 Å². The van der Waals surface area contributed by atoms with E-state index in [1.54, 1.807) is 42.5 Å². The van der Waals surface area contributed by atoms with E-state index in [-0.39, 0.29) is 34.1 Å². The highest BCUT2D eigenvalue weighted by Gasteiger charge is 2.27. The number of aromatic hydroxyl groups is 4. The summed E-state index contributed by atoms with van der Waals surface area (Å²) in [4.78, 5) is 13.3. The number of phenolic OH excluding ortho intramolecular Hbond substituents is 4. The van der Waals surface area contributed by atoms with E-state index >= 15 is 0 Å². The van der Waals surface area contributed by atoms with Crippen LogP contribution in [-0.2, 0) is 6.42 Å². The molecule has 0 amide bonds. The zero-order valence-electron chi connectivity index (χ0n) is 23.2. The Kier molecular flexibility index (Phi) is 10.0. The number of carbonyl (C=O) groups is 1. The van der Waals surface area contributed by atoms with Gasteiger partial charge in [-0.3, -0.25) is 4.79 Å². The number of aryl methyl sites for hydroxylation is 1. The van der Waals surface area contributed by atoms with E-state index in [4.69, 9.17) is 4.74 Å². The van der Waals surface area contributed by atoms with Crippen molar-refractivity contribution in [3.63, 3.8) is 0 Å². The number of ether oxygens (including phenoxy) is 1. The fraction of sp³-hybridized carbons (Fsp3) is 0.171. The van der Waals surface area contributed by atoms with Crippen LogP contribution in [0.1, 0.15) is 51.4 Å². The van der Waals surface area contributed by atoms with Crippen LogP contribution >= 0.6 is 0 Å². The zero-order chi connectivity index (χ0) is 30.1. The van der Waals surface area contributed by atoms with Crippen molar-refractivity contribution in [2.45, 2.75) is 31.3 Å². The van der Waals surface area contributed by atoms with Crippen molar-refractivity contribution in [2.24, 2.45) is 0 Å². The highest BCUT2D eigenvalue weighted by atomic mass is 16.5. The lowest BCUT2D eigenvalue weighted by atomic mass is 9.86. The third kappa shape index (κ3) is 7.59. The molecule has 4 rings (SSSR count). The second kappa shape index (κ2) is 14.1. The summed E-state index contributed by atoms with van der Waals surface area (Å²) >= 11 is 0. The average molecular weight is 567 g/mol. The van der Waals surface area contributed by atoms with Crippen LogP contribution in [0.25, 0.3) is 6.08 Å². The van der Waals surface area contributed by atoms with Crippen LogP contribution in [0.4, 0.5) is 0 Å². The molecule has 7 heteroatoms.